The van der Waals surface area contributed by atoms with Crippen molar-refractivity contribution in [3.8, 4) is 5.75 Å². The monoisotopic (exact) mass is 560 g/mol. The van der Waals surface area contributed by atoms with Crippen molar-refractivity contribution in [3.05, 3.63) is 89.2 Å². The highest BCUT2D eigenvalue weighted by molar-refractivity contribution is 5.90. The molecule has 1 aromatic heterocycles. The maximum atomic E-state index is 13.3. The van der Waals surface area contributed by atoms with E-state index < -0.39 is 17.5 Å². The second kappa shape index (κ2) is 14.7. The van der Waals surface area contributed by atoms with Crippen LogP contribution in [0.25, 0.3) is 0 Å². The van der Waals surface area contributed by atoms with Crippen LogP contribution in [0.5, 0.6) is 5.75 Å². The Morgan fingerprint density at radius 1 is 0.976 bits per heavy atom. The molecule has 0 radical (unpaired) electrons. The first-order chi connectivity index (χ1) is 19.5. The molecule has 220 valence electrons. The van der Waals surface area contributed by atoms with Gasteiger partial charge >= 0.3 is 11.9 Å². The van der Waals surface area contributed by atoms with Crippen molar-refractivity contribution in [3.63, 3.8) is 0 Å². The highest BCUT2D eigenvalue weighted by Crippen LogP contribution is 2.40. The summed E-state index contributed by atoms with van der Waals surface area (Å²) in [6, 6.07) is 19.9. The molecule has 3 rings (SSSR count). The first-order valence-corrected chi connectivity index (χ1v) is 14.4. The molecule has 3 aromatic rings. The van der Waals surface area contributed by atoms with E-state index in [9.17, 15) is 9.59 Å². The van der Waals surface area contributed by atoms with Crippen molar-refractivity contribution < 1.29 is 23.8 Å². The third-order valence-corrected chi connectivity index (χ3v) is 6.67. The normalized spacial score (nSPS) is 12.1. The summed E-state index contributed by atoms with van der Waals surface area (Å²) >= 11 is 0. The molecular weight excluding hydrogens is 516 g/mol. The number of nitrogens with zero attached hydrogens (tertiary/aromatic N) is 2. The summed E-state index contributed by atoms with van der Waals surface area (Å²) < 4.78 is 17.0. The zero-order chi connectivity index (χ0) is 30.0. The number of ether oxygens (including phenoxy) is 3. The van der Waals surface area contributed by atoms with Crippen LogP contribution in [0.3, 0.4) is 0 Å². The minimum atomic E-state index is -0.654. The number of methoxy groups -OCH3 is 1. The van der Waals surface area contributed by atoms with E-state index in [2.05, 4.69) is 35.9 Å². The van der Waals surface area contributed by atoms with Gasteiger partial charge in [0.25, 0.3) is 0 Å². The fourth-order valence-corrected chi connectivity index (χ4v) is 4.70. The molecule has 41 heavy (non-hydrogen) atoms. The van der Waals surface area contributed by atoms with Crippen molar-refractivity contribution in [2.75, 3.05) is 18.6 Å². The van der Waals surface area contributed by atoms with Gasteiger partial charge in [0.1, 0.15) is 11.4 Å². The summed E-state index contributed by atoms with van der Waals surface area (Å²) in [5.41, 5.74) is 3.11. The van der Waals surface area contributed by atoms with Crippen LogP contribution in [0.1, 0.15) is 93.9 Å². The van der Waals surface area contributed by atoms with Crippen molar-refractivity contribution in [1.29, 1.82) is 0 Å². The number of benzene rings is 2. The molecule has 7 heteroatoms. The molecule has 2 aromatic carbocycles. The SMILES string of the molecule is CCCCOC(=O)c1ncccc1[C@@H](CC(=O)OC(C)(C)C)c1ccc(OC)cc1N(Cc1ccccc1)C(C)C. The Bertz CT molecular complexity index is 1280. The number of pyridine rings is 1. The Morgan fingerprint density at radius 3 is 2.34 bits per heavy atom. The van der Waals surface area contributed by atoms with Gasteiger partial charge in [0.2, 0.25) is 0 Å². The number of rotatable bonds is 13. The van der Waals surface area contributed by atoms with Gasteiger partial charge in [-0.15, -0.1) is 0 Å². The fourth-order valence-electron chi connectivity index (χ4n) is 4.70. The predicted molar refractivity (Wildman–Crippen MR) is 162 cm³/mol. The zero-order valence-corrected chi connectivity index (χ0v) is 25.5. The number of esters is 2. The van der Waals surface area contributed by atoms with Gasteiger partial charge in [-0.3, -0.25) is 4.79 Å². The van der Waals surface area contributed by atoms with Gasteiger partial charge in [0.05, 0.1) is 20.1 Å². The lowest BCUT2D eigenvalue weighted by Crippen LogP contribution is -2.32. The minimum absolute atomic E-state index is 0.0226. The molecule has 0 saturated heterocycles. The second-order valence-electron chi connectivity index (χ2n) is 11.4. The summed E-state index contributed by atoms with van der Waals surface area (Å²) in [4.78, 5) is 33.3. The molecule has 0 aliphatic heterocycles. The number of carbonyl (C=O) groups is 2. The molecule has 0 aliphatic rings. The topological polar surface area (TPSA) is 78.0 Å². The average molecular weight is 561 g/mol. The molecule has 0 fully saturated rings. The number of carbonyl (C=O) groups excluding carboxylic acids is 2. The van der Waals surface area contributed by atoms with E-state index in [-0.39, 0.29) is 24.1 Å². The van der Waals surface area contributed by atoms with E-state index in [0.717, 1.165) is 29.7 Å². The Balaban J connectivity index is 2.19. The van der Waals surface area contributed by atoms with Gasteiger partial charge in [-0.1, -0.05) is 55.8 Å². The molecule has 0 amide bonds. The van der Waals surface area contributed by atoms with E-state index in [0.29, 0.717) is 24.5 Å². The lowest BCUT2D eigenvalue weighted by Gasteiger charge is -2.34. The quantitative estimate of drug-likeness (QED) is 0.160. The van der Waals surface area contributed by atoms with Crippen LogP contribution in [0.4, 0.5) is 5.69 Å². The summed E-state index contributed by atoms with van der Waals surface area (Å²) in [7, 11) is 1.64. The Labute approximate surface area is 244 Å². The van der Waals surface area contributed by atoms with Gasteiger partial charge in [0, 0.05) is 36.5 Å². The summed E-state index contributed by atoms with van der Waals surface area (Å²) in [5.74, 6) is -0.685. The van der Waals surface area contributed by atoms with Crippen LogP contribution in [-0.2, 0) is 20.8 Å². The number of hydrogen-bond donors (Lipinski definition) is 0. The van der Waals surface area contributed by atoms with E-state index in [1.807, 2.05) is 70.2 Å². The molecule has 0 aliphatic carbocycles. The summed E-state index contributed by atoms with van der Waals surface area (Å²) in [5, 5.41) is 0. The van der Waals surface area contributed by atoms with Crippen molar-refractivity contribution in [2.24, 2.45) is 0 Å². The Morgan fingerprint density at radius 2 is 1.71 bits per heavy atom. The zero-order valence-electron chi connectivity index (χ0n) is 25.5. The number of unbranched alkanes of at least 4 members (excludes halogenated alkanes) is 1. The third-order valence-electron chi connectivity index (χ3n) is 6.67. The highest BCUT2D eigenvalue weighted by Gasteiger charge is 2.31. The van der Waals surface area contributed by atoms with Crippen LogP contribution in [0.15, 0.2) is 66.9 Å². The summed E-state index contributed by atoms with van der Waals surface area (Å²) in [6.45, 7) is 12.8. The molecule has 1 heterocycles. The van der Waals surface area contributed by atoms with Gasteiger partial charge in [-0.05, 0) is 69.9 Å². The number of anilines is 1. The van der Waals surface area contributed by atoms with Crippen LogP contribution in [0.2, 0.25) is 0 Å². The standard InChI is InChI=1S/C34H44N2O5/c1-8-9-20-40-33(38)32-28(16-13-19-35-32)29(22-31(37)41-34(4,5)6)27-18-17-26(39-7)21-30(27)36(24(2)3)23-25-14-11-10-12-15-25/h10-19,21,24,29H,8-9,20,22-23H2,1-7H3/t29-/m0/s1. The van der Waals surface area contributed by atoms with E-state index >= 15 is 0 Å². The van der Waals surface area contributed by atoms with Gasteiger partial charge in [-0.2, -0.15) is 0 Å². The Kier molecular flexibility index (Phi) is 11.3. The minimum Gasteiger partial charge on any atom is -0.497 e. The molecule has 0 bridgehead atoms. The van der Waals surface area contributed by atoms with Crippen LogP contribution in [-0.4, -0.2) is 42.3 Å². The average Bonchev–Trinajstić information content (AvgIpc) is 2.94. The largest absolute Gasteiger partial charge is 0.497 e. The van der Waals surface area contributed by atoms with Crippen LogP contribution >= 0.6 is 0 Å². The van der Waals surface area contributed by atoms with E-state index in [1.54, 1.807) is 19.4 Å². The van der Waals surface area contributed by atoms with Crippen LogP contribution < -0.4 is 9.64 Å². The maximum Gasteiger partial charge on any atom is 0.357 e. The molecular formula is C34H44N2O5. The lowest BCUT2D eigenvalue weighted by molar-refractivity contribution is -0.155. The smallest absolute Gasteiger partial charge is 0.357 e. The van der Waals surface area contributed by atoms with Gasteiger partial charge < -0.3 is 19.1 Å². The first kappa shape index (κ1) is 31.7. The highest BCUT2D eigenvalue weighted by atomic mass is 16.6. The molecule has 0 unspecified atom stereocenters. The second-order valence-corrected chi connectivity index (χ2v) is 11.4. The molecule has 0 spiro atoms. The fraction of sp³-hybridized carbons (Fsp3) is 0.441. The number of hydrogen-bond acceptors (Lipinski definition) is 7. The van der Waals surface area contributed by atoms with Crippen LogP contribution in [0, 0.1) is 0 Å². The summed E-state index contributed by atoms with van der Waals surface area (Å²) in [6.07, 6.45) is 3.27. The molecule has 0 N–H and O–H groups in total. The predicted octanol–water partition coefficient (Wildman–Crippen LogP) is 7.33. The van der Waals surface area contributed by atoms with E-state index in [1.165, 1.54) is 0 Å². The maximum absolute atomic E-state index is 13.3. The Hall–Kier alpha value is -3.87. The first-order valence-electron chi connectivity index (χ1n) is 14.4. The van der Waals surface area contributed by atoms with Crippen molar-refractivity contribution >= 4 is 17.6 Å². The van der Waals surface area contributed by atoms with E-state index in [4.69, 9.17) is 14.2 Å². The lowest BCUT2D eigenvalue weighted by atomic mass is 9.85. The molecule has 0 saturated carbocycles. The number of aromatic nitrogens is 1. The third kappa shape index (κ3) is 9.07. The van der Waals surface area contributed by atoms with Crippen molar-refractivity contribution in [1.82, 2.24) is 4.98 Å². The molecule has 1 atom stereocenters. The van der Waals surface area contributed by atoms with Crippen molar-refractivity contribution in [2.45, 2.75) is 84.9 Å². The van der Waals surface area contributed by atoms with Gasteiger partial charge in [0.15, 0.2) is 5.69 Å². The van der Waals surface area contributed by atoms with Gasteiger partial charge in [-0.25, -0.2) is 9.78 Å². The molecule has 7 nitrogen and oxygen atoms in total.